The van der Waals surface area contributed by atoms with Crippen molar-refractivity contribution in [2.45, 2.75) is 32.9 Å². The lowest BCUT2D eigenvalue weighted by Gasteiger charge is -2.16. The monoisotopic (exact) mass is 250 g/mol. The Kier molecular flexibility index (Phi) is 4.65. The maximum Gasteiger partial charge on any atom is 0.255 e. The fourth-order valence-corrected chi connectivity index (χ4v) is 1.34. The highest BCUT2D eigenvalue weighted by Crippen LogP contribution is 2.08. The minimum absolute atomic E-state index is 0.0281. The maximum atomic E-state index is 11.9. The third-order valence-corrected chi connectivity index (χ3v) is 2.27. The number of rotatable bonds is 4. The van der Waals surface area contributed by atoms with Crippen LogP contribution in [0.15, 0.2) is 18.5 Å². The highest BCUT2D eigenvalue weighted by atomic mass is 16.2. The summed E-state index contributed by atoms with van der Waals surface area (Å²) in [5.74, 6) is -0.646. The number of carbonyl (C=O) groups excluding carboxylic acids is 2. The number of nitrogen functional groups attached to an aromatic ring is 1. The number of nitrogens with one attached hydrogen (secondary N) is 2. The van der Waals surface area contributed by atoms with Crippen LogP contribution in [0.2, 0.25) is 0 Å². The van der Waals surface area contributed by atoms with Crippen LogP contribution >= 0.6 is 0 Å². The van der Waals surface area contributed by atoms with Crippen LogP contribution in [-0.4, -0.2) is 28.9 Å². The van der Waals surface area contributed by atoms with Gasteiger partial charge in [0.25, 0.3) is 5.91 Å². The topological polar surface area (TPSA) is 97.1 Å². The Morgan fingerprint density at radius 3 is 2.50 bits per heavy atom. The summed E-state index contributed by atoms with van der Waals surface area (Å²) in [4.78, 5) is 27.3. The first-order chi connectivity index (χ1) is 8.41. The largest absolute Gasteiger partial charge is 0.398 e. The number of hydrogen-bond donors (Lipinski definition) is 3. The van der Waals surface area contributed by atoms with Crippen LogP contribution in [0.4, 0.5) is 5.69 Å². The molecule has 0 aromatic carbocycles. The SMILES string of the molecule is CC(C)NC(=O)C(C)NC(=O)c1cnccc1N. The summed E-state index contributed by atoms with van der Waals surface area (Å²) < 4.78 is 0. The van der Waals surface area contributed by atoms with E-state index < -0.39 is 11.9 Å². The van der Waals surface area contributed by atoms with Gasteiger partial charge in [0.2, 0.25) is 5.91 Å². The molecule has 0 radical (unpaired) electrons. The van der Waals surface area contributed by atoms with Crippen molar-refractivity contribution < 1.29 is 9.59 Å². The van der Waals surface area contributed by atoms with Crippen LogP contribution in [0.5, 0.6) is 0 Å². The van der Waals surface area contributed by atoms with E-state index in [0.29, 0.717) is 5.69 Å². The number of carbonyl (C=O) groups is 2. The second-order valence-corrected chi connectivity index (χ2v) is 4.32. The van der Waals surface area contributed by atoms with Gasteiger partial charge in [-0.15, -0.1) is 0 Å². The van der Waals surface area contributed by atoms with Crippen molar-refractivity contribution in [2.75, 3.05) is 5.73 Å². The number of anilines is 1. The van der Waals surface area contributed by atoms with E-state index in [1.807, 2.05) is 13.8 Å². The Labute approximate surface area is 106 Å². The van der Waals surface area contributed by atoms with Gasteiger partial charge >= 0.3 is 0 Å². The zero-order valence-corrected chi connectivity index (χ0v) is 10.7. The van der Waals surface area contributed by atoms with Gasteiger partial charge in [-0.05, 0) is 26.8 Å². The first-order valence-corrected chi connectivity index (χ1v) is 5.72. The molecule has 0 aliphatic rings. The Morgan fingerprint density at radius 2 is 1.94 bits per heavy atom. The maximum absolute atomic E-state index is 11.9. The van der Waals surface area contributed by atoms with Crippen LogP contribution in [0, 0.1) is 0 Å². The Hall–Kier alpha value is -2.11. The lowest BCUT2D eigenvalue weighted by molar-refractivity contribution is -0.123. The molecular formula is C12H18N4O2. The number of aromatic nitrogens is 1. The predicted octanol–water partition coefficient (Wildman–Crippen LogP) is 0.307. The fraction of sp³-hybridized carbons (Fsp3) is 0.417. The van der Waals surface area contributed by atoms with E-state index in [2.05, 4.69) is 15.6 Å². The molecule has 1 aromatic heterocycles. The summed E-state index contributed by atoms with van der Waals surface area (Å²) in [6.45, 7) is 5.32. The number of amides is 2. The van der Waals surface area contributed by atoms with Crippen LogP contribution in [-0.2, 0) is 4.79 Å². The number of nitrogens with two attached hydrogens (primary N) is 1. The van der Waals surface area contributed by atoms with Crippen molar-refractivity contribution in [3.05, 3.63) is 24.0 Å². The molecule has 1 atom stereocenters. The lowest BCUT2D eigenvalue weighted by atomic mass is 10.2. The molecular weight excluding hydrogens is 232 g/mol. The summed E-state index contributed by atoms with van der Waals surface area (Å²) in [5, 5.41) is 5.28. The molecule has 2 amide bonds. The fourth-order valence-electron chi connectivity index (χ4n) is 1.34. The Balaban J connectivity index is 2.65. The van der Waals surface area contributed by atoms with Gasteiger partial charge in [-0.3, -0.25) is 14.6 Å². The molecule has 1 aromatic rings. The van der Waals surface area contributed by atoms with Crippen LogP contribution in [0.3, 0.4) is 0 Å². The van der Waals surface area contributed by atoms with Gasteiger partial charge in [-0.1, -0.05) is 0 Å². The lowest BCUT2D eigenvalue weighted by Crippen LogP contribution is -2.46. The first kappa shape index (κ1) is 14.0. The van der Waals surface area contributed by atoms with Crippen molar-refractivity contribution in [2.24, 2.45) is 0 Å². The summed E-state index contributed by atoms with van der Waals surface area (Å²) in [6, 6.07) is 0.938. The van der Waals surface area contributed by atoms with Gasteiger partial charge in [0, 0.05) is 24.1 Å². The normalized spacial score (nSPS) is 12.0. The molecule has 0 spiro atoms. The van der Waals surface area contributed by atoms with Crippen LogP contribution in [0.1, 0.15) is 31.1 Å². The minimum atomic E-state index is -0.625. The van der Waals surface area contributed by atoms with Crippen molar-refractivity contribution in [1.82, 2.24) is 15.6 Å². The molecule has 1 unspecified atom stereocenters. The van der Waals surface area contributed by atoms with Crippen LogP contribution < -0.4 is 16.4 Å². The second-order valence-electron chi connectivity index (χ2n) is 4.32. The van der Waals surface area contributed by atoms with Crippen molar-refractivity contribution in [3.8, 4) is 0 Å². The third kappa shape index (κ3) is 3.73. The highest BCUT2D eigenvalue weighted by molar-refractivity contribution is 6.01. The molecule has 6 heteroatoms. The predicted molar refractivity (Wildman–Crippen MR) is 68.9 cm³/mol. The molecule has 0 aliphatic heterocycles. The van der Waals surface area contributed by atoms with Gasteiger partial charge in [-0.2, -0.15) is 0 Å². The second kappa shape index (κ2) is 6.00. The zero-order valence-electron chi connectivity index (χ0n) is 10.7. The molecule has 0 fully saturated rings. The number of hydrogen-bond acceptors (Lipinski definition) is 4. The third-order valence-electron chi connectivity index (χ3n) is 2.27. The van der Waals surface area contributed by atoms with Gasteiger partial charge < -0.3 is 16.4 Å². The molecule has 1 heterocycles. The van der Waals surface area contributed by atoms with Gasteiger partial charge in [0.15, 0.2) is 0 Å². The van der Waals surface area contributed by atoms with E-state index in [0.717, 1.165) is 0 Å². The molecule has 0 saturated heterocycles. The van der Waals surface area contributed by atoms with Crippen molar-refractivity contribution >= 4 is 17.5 Å². The number of nitrogens with zero attached hydrogens (tertiary/aromatic N) is 1. The van der Waals surface area contributed by atoms with Crippen LogP contribution in [0.25, 0.3) is 0 Å². The van der Waals surface area contributed by atoms with Gasteiger partial charge in [-0.25, -0.2) is 0 Å². The smallest absolute Gasteiger partial charge is 0.255 e. The standard InChI is InChI=1S/C12H18N4O2/c1-7(2)15-11(17)8(3)16-12(18)9-6-14-5-4-10(9)13/h4-8H,1-3H3,(H2,13,14)(H,15,17)(H,16,18). The number of pyridine rings is 1. The highest BCUT2D eigenvalue weighted by Gasteiger charge is 2.18. The molecule has 98 valence electrons. The quantitative estimate of drug-likeness (QED) is 0.716. The average molecular weight is 250 g/mol. The molecule has 4 N–H and O–H groups in total. The molecule has 0 aliphatic carbocycles. The van der Waals surface area contributed by atoms with Crippen molar-refractivity contribution in [3.63, 3.8) is 0 Å². The first-order valence-electron chi connectivity index (χ1n) is 5.72. The van der Waals surface area contributed by atoms with E-state index in [-0.39, 0.29) is 17.5 Å². The van der Waals surface area contributed by atoms with Gasteiger partial charge in [0.05, 0.1) is 5.56 Å². The summed E-state index contributed by atoms with van der Waals surface area (Å²) in [5.41, 5.74) is 6.25. The zero-order chi connectivity index (χ0) is 13.7. The molecule has 6 nitrogen and oxygen atoms in total. The minimum Gasteiger partial charge on any atom is -0.398 e. The Morgan fingerprint density at radius 1 is 1.28 bits per heavy atom. The summed E-state index contributed by atoms with van der Waals surface area (Å²) in [7, 11) is 0. The Bertz CT molecular complexity index is 445. The average Bonchev–Trinajstić information content (AvgIpc) is 2.28. The molecule has 0 saturated carbocycles. The molecule has 0 bridgehead atoms. The summed E-state index contributed by atoms with van der Waals surface area (Å²) >= 11 is 0. The van der Waals surface area contributed by atoms with E-state index >= 15 is 0 Å². The van der Waals surface area contributed by atoms with E-state index in [1.165, 1.54) is 18.5 Å². The molecule has 1 rings (SSSR count). The van der Waals surface area contributed by atoms with Crippen molar-refractivity contribution in [1.29, 1.82) is 0 Å². The van der Waals surface area contributed by atoms with Gasteiger partial charge in [0.1, 0.15) is 6.04 Å². The molecule has 18 heavy (non-hydrogen) atoms. The summed E-state index contributed by atoms with van der Waals surface area (Å²) in [6.07, 6.45) is 2.87. The van der Waals surface area contributed by atoms with E-state index in [4.69, 9.17) is 5.73 Å². The van der Waals surface area contributed by atoms with E-state index in [9.17, 15) is 9.59 Å². The van der Waals surface area contributed by atoms with E-state index in [1.54, 1.807) is 6.92 Å².